The summed E-state index contributed by atoms with van der Waals surface area (Å²) >= 11 is 0. The summed E-state index contributed by atoms with van der Waals surface area (Å²) in [5.74, 6) is 5.52. The van der Waals surface area contributed by atoms with Crippen molar-refractivity contribution in [3.63, 3.8) is 0 Å². The smallest absolute Gasteiger partial charge is 0.0910 e. The number of hydrogen-bond donors (Lipinski definition) is 2. The van der Waals surface area contributed by atoms with Crippen LogP contribution < -0.4 is 0 Å². The summed E-state index contributed by atoms with van der Waals surface area (Å²) in [6.07, 6.45) is 14.2. The van der Waals surface area contributed by atoms with Crippen molar-refractivity contribution >= 4 is 0 Å². The predicted octanol–water partition coefficient (Wildman–Crippen LogP) is 6.85. The highest BCUT2D eigenvalue weighted by molar-refractivity contribution is 5.14. The van der Waals surface area contributed by atoms with E-state index in [9.17, 15) is 10.2 Å². The van der Waals surface area contributed by atoms with Gasteiger partial charge in [0.15, 0.2) is 0 Å². The third-order valence-corrected chi connectivity index (χ3v) is 11.7. The molecule has 4 unspecified atom stereocenters. The first-order valence-electron chi connectivity index (χ1n) is 13.5. The van der Waals surface area contributed by atoms with Gasteiger partial charge in [0.2, 0.25) is 0 Å². The fourth-order valence-corrected chi connectivity index (χ4v) is 9.36. The maximum absolute atomic E-state index is 11.2. The Kier molecular flexibility index (Phi) is 6.26. The molecule has 4 saturated carbocycles. The first kappa shape index (κ1) is 23.8. The van der Waals surface area contributed by atoms with Crippen LogP contribution in [-0.4, -0.2) is 21.9 Å². The average Bonchev–Trinajstić information content (AvgIpc) is 3.06. The van der Waals surface area contributed by atoms with Gasteiger partial charge < -0.3 is 10.2 Å². The van der Waals surface area contributed by atoms with Crippen LogP contribution in [-0.2, 0) is 0 Å². The number of rotatable bonds is 4. The first-order chi connectivity index (χ1) is 14.4. The van der Waals surface area contributed by atoms with Crippen molar-refractivity contribution in [2.45, 2.75) is 112 Å². The zero-order chi connectivity index (χ0) is 22.8. The van der Waals surface area contributed by atoms with E-state index in [1.54, 1.807) is 0 Å². The lowest BCUT2D eigenvalue weighted by Crippen LogP contribution is -2.63. The van der Waals surface area contributed by atoms with Gasteiger partial charge >= 0.3 is 0 Å². The standard InChI is InChI=1S/C29H50O2/c1-18(2)19(3)8-9-20(4)22-11-12-23-21-10-13-25-28(6,17-15-26(30)29(25,7)31)24(21)14-16-27(22,23)5/h8-9,18-26,30-31H,10-17H2,1-7H3/b9-8+/t19-,20?,21?,22-,23?,24?,25-,26+,27-,28-,29-/m1/s1. The van der Waals surface area contributed by atoms with Crippen LogP contribution >= 0.6 is 0 Å². The number of fused-ring (bicyclic) bond motifs is 5. The maximum Gasteiger partial charge on any atom is 0.0910 e. The molecule has 11 atom stereocenters. The molecule has 0 aromatic rings. The summed E-state index contributed by atoms with van der Waals surface area (Å²) in [6.45, 7) is 16.5. The second-order valence-electron chi connectivity index (χ2n) is 13.4. The Hall–Kier alpha value is -0.340. The molecule has 0 aromatic heterocycles. The van der Waals surface area contributed by atoms with E-state index >= 15 is 0 Å². The van der Waals surface area contributed by atoms with Gasteiger partial charge in [-0.25, -0.2) is 0 Å². The van der Waals surface area contributed by atoms with Crippen molar-refractivity contribution in [1.82, 2.24) is 0 Å². The fraction of sp³-hybridized carbons (Fsp3) is 0.931. The van der Waals surface area contributed by atoms with Crippen LogP contribution in [0.2, 0.25) is 0 Å². The normalized spacial score (nSPS) is 51.9. The van der Waals surface area contributed by atoms with Crippen molar-refractivity contribution in [3.8, 4) is 0 Å². The van der Waals surface area contributed by atoms with Gasteiger partial charge in [-0.05, 0) is 116 Å². The molecule has 4 aliphatic carbocycles. The van der Waals surface area contributed by atoms with Crippen molar-refractivity contribution in [3.05, 3.63) is 12.2 Å². The van der Waals surface area contributed by atoms with E-state index in [1.165, 1.54) is 32.1 Å². The molecule has 4 fully saturated rings. The van der Waals surface area contributed by atoms with Crippen LogP contribution in [0.3, 0.4) is 0 Å². The lowest BCUT2D eigenvalue weighted by atomic mass is 9.42. The molecule has 0 aliphatic heterocycles. The molecule has 0 saturated heterocycles. The Balaban J connectivity index is 1.53. The highest BCUT2D eigenvalue weighted by Gasteiger charge is 2.63. The SMILES string of the molecule is CC(C)[C@H](C)/C=C/C(C)[C@H]1CCC2C3CC[C@H]4[C@@](C)(O)[C@@H](O)CC[C@]4(C)C3CC[C@@]21C. The van der Waals surface area contributed by atoms with Crippen molar-refractivity contribution in [2.75, 3.05) is 0 Å². The molecule has 0 spiro atoms. The quantitative estimate of drug-likeness (QED) is 0.479. The van der Waals surface area contributed by atoms with Gasteiger partial charge in [0.25, 0.3) is 0 Å². The molecule has 0 bridgehead atoms. The summed E-state index contributed by atoms with van der Waals surface area (Å²) < 4.78 is 0. The number of allylic oxidation sites excluding steroid dienone is 2. The predicted molar refractivity (Wildman–Crippen MR) is 130 cm³/mol. The van der Waals surface area contributed by atoms with Crippen LogP contribution in [0.15, 0.2) is 12.2 Å². The van der Waals surface area contributed by atoms with Crippen LogP contribution in [0.1, 0.15) is 99.8 Å². The molecule has 178 valence electrons. The minimum atomic E-state index is -0.913. The summed E-state index contributed by atoms with van der Waals surface area (Å²) in [6, 6.07) is 0. The van der Waals surface area contributed by atoms with E-state index in [-0.39, 0.29) is 11.3 Å². The Morgan fingerprint density at radius 2 is 1.42 bits per heavy atom. The van der Waals surface area contributed by atoms with Gasteiger partial charge in [-0.2, -0.15) is 0 Å². The Bertz CT molecular complexity index is 680. The third kappa shape index (κ3) is 3.67. The van der Waals surface area contributed by atoms with E-state index in [2.05, 4.69) is 53.7 Å². The Morgan fingerprint density at radius 1 is 0.774 bits per heavy atom. The molecule has 0 amide bonds. The zero-order valence-electron chi connectivity index (χ0n) is 21.4. The highest BCUT2D eigenvalue weighted by atomic mass is 16.3. The Labute approximate surface area is 192 Å². The third-order valence-electron chi connectivity index (χ3n) is 11.7. The maximum atomic E-state index is 11.2. The second-order valence-corrected chi connectivity index (χ2v) is 13.4. The van der Waals surface area contributed by atoms with Gasteiger partial charge in [-0.15, -0.1) is 0 Å². The topological polar surface area (TPSA) is 40.5 Å². The number of aliphatic hydroxyl groups is 2. The molecule has 0 aromatic carbocycles. The monoisotopic (exact) mass is 430 g/mol. The molecule has 31 heavy (non-hydrogen) atoms. The van der Waals surface area contributed by atoms with Crippen molar-refractivity contribution in [2.24, 2.45) is 58.2 Å². The fourth-order valence-electron chi connectivity index (χ4n) is 9.36. The van der Waals surface area contributed by atoms with E-state index in [0.29, 0.717) is 23.2 Å². The molecule has 2 N–H and O–H groups in total. The summed E-state index contributed by atoms with van der Waals surface area (Å²) in [4.78, 5) is 0. The highest BCUT2D eigenvalue weighted by Crippen LogP contribution is 2.69. The summed E-state index contributed by atoms with van der Waals surface area (Å²) in [5.41, 5.74) is -0.238. The lowest BCUT2D eigenvalue weighted by molar-refractivity contribution is -0.217. The molecule has 0 radical (unpaired) electrons. The number of aliphatic hydroxyl groups excluding tert-OH is 1. The largest absolute Gasteiger partial charge is 0.390 e. The molecular weight excluding hydrogens is 380 g/mol. The van der Waals surface area contributed by atoms with E-state index in [4.69, 9.17) is 0 Å². The van der Waals surface area contributed by atoms with E-state index in [0.717, 1.165) is 42.9 Å². The van der Waals surface area contributed by atoms with Crippen LogP contribution in [0.25, 0.3) is 0 Å². The van der Waals surface area contributed by atoms with Crippen LogP contribution in [0.4, 0.5) is 0 Å². The molecule has 2 nitrogen and oxygen atoms in total. The van der Waals surface area contributed by atoms with Crippen molar-refractivity contribution in [1.29, 1.82) is 0 Å². The molecule has 4 rings (SSSR count). The zero-order valence-corrected chi connectivity index (χ0v) is 21.4. The van der Waals surface area contributed by atoms with E-state index in [1.807, 2.05) is 6.92 Å². The van der Waals surface area contributed by atoms with Crippen LogP contribution in [0.5, 0.6) is 0 Å². The Morgan fingerprint density at radius 3 is 2.10 bits per heavy atom. The molecule has 0 heterocycles. The average molecular weight is 431 g/mol. The summed E-state index contributed by atoms with van der Waals surface area (Å²) in [7, 11) is 0. The summed E-state index contributed by atoms with van der Waals surface area (Å²) in [5, 5.41) is 21.8. The lowest BCUT2D eigenvalue weighted by Gasteiger charge is -2.64. The van der Waals surface area contributed by atoms with Crippen molar-refractivity contribution < 1.29 is 10.2 Å². The first-order valence-corrected chi connectivity index (χ1v) is 13.5. The molecule has 2 heteroatoms. The minimum absolute atomic E-state index is 0.198. The number of hydrogen-bond acceptors (Lipinski definition) is 2. The van der Waals surface area contributed by atoms with Gasteiger partial charge in [0, 0.05) is 0 Å². The molecule has 4 aliphatic rings. The van der Waals surface area contributed by atoms with Gasteiger partial charge in [-0.3, -0.25) is 0 Å². The van der Waals surface area contributed by atoms with Gasteiger partial charge in [0.05, 0.1) is 11.7 Å². The minimum Gasteiger partial charge on any atom is -0.390 e. The van der Waals surface area contributed by atoms with Gasteiger partial charge in [-0.1, -0.05) is 53.7 Å². The van der Waals surface area contributed by atoms with E-state index < -0.39 is 11.7 Å². The van der Waals surface area contributed by atoms with Crippen LogP contribution in [0, 0.1) is 58.2 Å². The molecular formula is C29H50O2. The second kappa shape index (κ2) is 8.15. The van der Waals surface area contributed by atoms with Gasteiger partial charge in [0.1, 0.15) is 0 Å².